The number of nitrogens with one attached hydrogen (secondary N) is 1. The minimum Gasteiger partial charge on any atom is -0.493 e. The number of rotatable bonds is 2. The van der Waals surface area contributed by atoms with Gasteiger partial charge in [0.25, 0.3) is 5.56 Å². The highest BCUT2D eigenvalue weighted by Crippen LogP contribution is 2.31. The summed E-state index contributed by atoms with van der Waals surface area (Å²) in [5, 5.41) is 10.2. The monoisotopic (exact) mass is 350 g/mol. The molecule has 6 heteroatoms. The Balaban J connectivity index is 2.04. The van der Waals surface area contributed by atoms with Crippen LogP contribution in [-0.2, 0) is 4.74 Å². The largest absolute Gasteiger partial charge is 0.493 e. The molecule has 0 bridgehead atoms. The highest BCUT2D eigenvalue weighted by atomic mass is 79.9. The van der Waals surface area contributed by atoms with Gasteiger partial charge in [0.1, 0.15) is 11.4 Å². The van der Waals surface area contributed by atoms with Crippen LogP contribution in [0.25, 0.3) is 11.1 Å². The second-order valence-corrected chi connectivity index (χ2v) is 6.04. The van der Waals surface area contributed by atoms with Crippen LogP contribution in [0.1, 0.15) is 25.1 Å². The van der Waals surface area contributed by atoms with E-state index < -0.39 is 0 Å². The molecule has 2 aromatic rings. The molecule has 0 amide bonds. The summed E-state index contributed by atoms with van der Waals surface area (Å²) in [7, 11) is 0. The Morgan fingerprint density at radius 1 is 1.38 bits per heavy atom. The molecule has 110 valence electrons. The summed E-state index contributed by atoms with van der Waals surface area (Å²) in [5.41, 5.74) is 0.489. The van der Waals surface area contributed by atoms with Gasteiger partial charge in [0.05, 0.1) is 6.10 Å². The molecular weight excluding hydrogens is 336 g/mol. The second-order valence-electron chi connectivity index (χ2n) is 5.13. The van der Waals surface area contributed by atoms with E-state index in [0.717, 1.165) is 10.9 Å². The molecule has 5 nitrogen and oxygen atoms in total. The topological polar surface area (TPSA) is 75.2 Å². The molecule has 1 aliphatic rings. The van der Waals surface area contributed by atoms with Crippen molar-refractivity contribution in [3.63, 3.8) is 0 Å². The minimum absolute atomic E-state index is 0.00826. The van der Waals surface area contributed by atoms with E-state index in [0.29, 0.717) is 18.0 Å². The summed E-state index contributed by atoms with van der Waals surface area (Å²) < 4.78 is 6.38. The number of aromatic hydroxyl groups is 1. The zero-order valence-electron chi connectivity index (χ0n) is 11.5. The van der Waals surface area contributed by atoms with E-state index in [1.807, 2.05) is 19.1 Å². The molecule has 3 rings (SSSR count). The minimum atomic E-state index is -0.334. The Bertz CT molecular complexity index is 712. The maximum atomic E-state index is 12.3. The van der Waals surface area contributed by atoms with E-state index in [1.54, 1.807) is 12.1 Å². The molecule has 0 aliphatic carbocycles. The third kappa shape index (κ3) is 2.73. The molecule has 1 aliphatic heterocycles. The second kappa shape index (κ2) is 5.61. The number of benzene rings is 1. The fourth-order valence-electron chi connectivity index (χ4n) is 2.62. The first-order valence-corrected chi connectivity index (χ1v) is 7.56. The maximum absolute atomic E-state index is 12.3. The van der Waals surface area contributed by atoms with Gasteiger partial charge in [-0.2, -0.15) is 4.98 Å². The summed E-state index contributed by atoms with van der Waals surface area (Å²) in [6.45, 7) is 2.59. The van der Waals surface area contributed by atoms with E-state index in [2.05, 4.69) is 25.9 Å². The Labute approximate surface area is 130 Å². The fraction of sp³-hybridized carbons (Fsp3) is 0.333. The van der Waals surface area contributed by atoms with Crippen molar-refractivity contribution in [3.8, 4) is 17.0 Å². The van der Waals surface area contributed by atoms with Gasteiger partial charge in [-0.3, -0.25) is 4.79 Å². The zero-order valence-corrected chi connectivity index (χ0v) is 13.1. The SMILES string of the molecule is CC1OCCC1c1nc(O)c(-c2ccc(Br)cc2)c(=O)[nH]1. The first-order valence-electron chi connectivity index (χ1n) is 6.77. The number of aromatic nitrogens is 2. The Hall–Kier alpha value is -1.66. The smallest absolute Gasteiger partial charge is 0.262 e. The molecule has 1 fully saturated rings. The van der Waals surface area contributed by atoms with Crippen LogP contribution in [0.2, 0.25) is 0 Å². The van der Waals surface area contributed by atoms with Crippen LogP contribution < -0.4 is 5.56 Å². The van der Waals surface area contributed by atoms with Crippen LogP contribution in [0.4, 0.5) is 0 Å². The maximum Gasteiger partial charge on any atom is 0.262 e. The van der Waals surface area contributed by atoms with E-state index in [4.69, 9.17) is 4.74 Å². The standard InChI is InChI=1S/C15H15BrN2O3/c1-8-11(6-7-21-8)13-17-14(19)12(15(20)18-13)9-2-4-10(16)5-3-9/h2-5,8,11H,6-7H2,1H3,(H2,17,18,19,20). The predicted octanol–water partition coefficient (Wildman–Crippen LogP) is 2.80. The summed E-state index contributed by atoms with van der Waals surface area (Å²) in [6.07, 6.45) is 0.785. The van der Waals surface area contributed by atoms with Crippen LogP contribution in [0.15, 0.2) is 33.5 Å². The van der Waals surface area contributed by atoms with Gasteiger partial charge in [-0.1, -0.05) is 28.1 Å². The van der Waals surface area contributed by atoms with Crippen molar-refractivity contribution in [2.24, 2.45) is 0 Å². The van der Waals surface area contributed by atoms with Crippen LogP contribution in [0, 0.1) is 0 Å². The molecule has 0 saturated carbocycles. The number of H-pyrrole nitrogens is 1. The van der Waals surface area contributed by atoms with Crippen LogP contribution in [0.3, 0.4) is 0 Å². The average molecular weight is 351 g/mol. The fourth-order valence-corrected chi connectivity index (χ4v) is 2.89. The third-order valence-electron chi connectivity index (χ3n) is 3.78. The molecule has 2 heterocycles. The van der Waals surface area contributed by atoms with Crippen LogP contribution >= 0.6 is 15.9 Å². The molecule has 1 aromatic carbocycles. The van der Waals surface area contributed by atoms with E-state index >= 15 is 0 Å². The predicted molar refractivity (Wildman–Crippen MR) is 82.4 cm³/mol. The molecule has 0 spiro atoms. The van der Waals surface area contributed by atoms with Crippen LogP contribution in [0.5, 0.6) is 5.88 Å². The number of aromatic amines is 1. The molecule has 1 aromatic heterocycles. The van der Waals surface area contributed by atoms with Gasteiger partial charge >= 0.3 is 0 Å². The van der Waals surface area contributed by atoms with Crippen LogP contribution in [-0.4, -0.2) is 27.8 Å². The van der Waals surface area contributed by atoms with Gasteiger partial charge in [-0.25, -0.2) is 0 Å². The van der Waals surface area contributed by atoms with Crippen molar-refractivity contribution in [3.05, 3.63) is 44.9 Å². The highest BCUT2D eigenvalue weighted by molar-refractivity contribution is 9.10. The van der Waals surface area contributed by atoms with Gasteiger partial charge in [-0.05, 0) is 31.0 Å². The number of hydrogen-bond acceptors (Lipinski definition) is 4. The van der Waals surface area contributed by atoms with E-state index in [-0.39, 0.29) is 29.0 Å². The van der Waals surface area contributed by atoms with Crippen molar-refractivity contribution in [1.82, 2.24) is 9.97 Å². The molecule has 21 heavy (non-hydrogen) atoms. The summed E-state index contributed by atoms with van der Waals surface area (Å²) in [6, 6.07) is 7.15. The Morgan fingerprint density at radius 2 is 2.10 bits per heavy atom. The van der Waals surface area contributed by atoms with E-state index in [9.17, 15) is 9.90 Å². The lowest BCUT2D eigenvalue weighted by molar-refractivity contribution is 0.117. The highest BCUT2D eigenvalue weighted by Gasteiger charge is 2.29. The van der Waals surface area contributed by atoms with Crippen molar-refractivity contribution in [1.29, 1.82) is 0 Å². The lowest BCUT2D eigenvalue weighted by Crippen LogP contribution is -2.19. The quantitative estimate of drug-likeness (QED) is 0.873. The van der Waals surface area contributed by atoms with Crippen molar-refractivity contribution in [2.75, 3.05) is 6.61 Å². The van der Waals surface area contributed by atoms with Crippen molar-refractivity contribution >= 4 is 15.9 Å². The molecule has 0 radical (unpaired) electrons. The van der Waals surface area contributed by atoms with Crippen molar-refractivity contribution < 1.29 is 9.84 Å². The van der Waals surface area contributed by atoms with E-state index in [1.165, 1.54) is 0 Å². The Kier molecular flexibility index (Phi) is 3.82. The molecule has 1 saturated heterocycles. The Morgan fingerprint density at radius 3 is 2.67 bits per heavy atom. The lowest BCUT2D eigenvalue weighted by Gasteiger charge is -2.14. The zero-order chi connectivity index (χ0) is 15.0. The molecular formula is C15H15BrN2O3. The third-order valence-corrected chi connectivity index (χ3v) is 4.31. The number of ether oxygens (including phenoxy) is 1. The normalized spacial score (nSPS) is 21.6. The molecule has 2 N–H and O–H groups in total. The van der Waals surface area contributed by atoms with Gasteiger partial charge in [0.15, 0.2) is 0 Å². The first kappa shape index (κ1) is 14.3. The summed E-state index contributed by atoms with van der Waals surface area (Å²) >= 11 is 3.34. The van der Waals surface area contributed by atoms with Gasteiger partial charge in [0, 0.05) is 17.0 Å². The van der Waals surface area contributed by atoms with Gasteiger partial charge in [0.2, 0.25) is 5.88 Å². The average Bonchev–Trinajstić information content (AvgIpc) is 2.86. The first-order chi connectivity index (χ1) is 10.1. The molecule has 2 atom stereocenters. The van der Waals surface area contributed by atoms with Crippen molar-refractivity contribution in [2.45, 2.75) is 25.4 Å². The summed E-state index contributed by atoms with van der Waals surface area (Å²) in [4.78, 5) is 19.3. The molecule has 2 unspecified atom stereocenters. The number of nitrogens with zero attached hydrogens (tertiary/aromatic N) is 1. The summed E-state index contributed by atoms with van der Waals surface area (Å²) in [5.74, 6) is 0.265. The number of halogens is 1. The number of hydrogen-bond donors (Lipinski definition) is 2. The van der Waals surface area contributed by atoms with Gasteiger partial charge in [-0.15, -0.1) is 0 Å². The van der Waals surface area contributed by atoms with Gasteiger partial charge < -0.3 is 14.8 Å². The lowest BCUT2D eigenvalue weighted by atomic mass is 10.0.